The smallest absolute Gasteiger partial charge is 0.200 e. The van der Waals surface area contributed by atoms with E-state index in [0.717, 1.165) is 19.3 Å². The van der Waals surface area contributed by atoms with Crippen LogP contribution in [-0.4, -0.2) is 77.2 Å². The summed E-state index contributed by atoms with van der Waals surface area (Å²) in [6, 6.07) is 0. The van der Waals surface area contributed by atoms with Crippen LogP contribution in [-0.2, 0) is 0 Å². The Balaban J connectivity index is 6.67. The lowest BCUT2D eigenvalue weighted by Gasteiger charge is -2.46. The van der Waals surface area contributed by atoms with Crippen LogP contribution in [0.1, 0.15) is 77.6 Å². The third kappa shape index (κ3) is 7.53. The van der Waals surface area contributed by atoms with Gasteiger partial charge in [-0.1, -0.05) is 64.7 Å². The molecule has 0 rings (SSSR count). The van der Waals surface area contributed by atoms with E-state index in [9.17, 15) is 119 Å². The lowest BCUT2D eigenvalue weighted by atomic mass is 9.83. The largest absolute Gasteiger partial charge is 0.460 e. The molecule has 0 aromatic carbocycles. The lowest BCUT2D eigenvalue weighted by Crippen LogP contribution is -2.78. The average Bonchev–Trinajstić information content (AvgIpc) is 2.96. The van der Waals surface area contributed by atoms with E-state index in [1.807, 2.05) is 6.92 Å². The molecule has 0 fully saturated rings. The molecule has 0 N–H and O–H groups in total. The minimum atomic E-state index is -9.74. The Morgan fingerprint density at radius 3 is 0.654 bits per heavy atom. The Hall–Kier alpha value is -1.89. The van der Waals surface area contributed by atoms with Crippen molar-refractivity contribution in [2.45, 2.75) is 155 Å². The minimum absolute atomic E-state index is 0.140. The normalized spacial score (nSPS) is 16.2. The van der Waals surface area contributed by atoms with Crippen LogP contribution >= 0.6 is 0 Å². The third-order valence-corrected chi connectivity index (χ3v) is 7.60. The molecule has 0 aliphatic carbocycles. The highest BCUT2D eigenvalue weighted by atomic mass is 19.4. The fraction of sp³-hybridized carbons (Fsp3) is 1.00. The van der Waals surface area contributed by atoms with Crippen molar-refractivity contribution in [3.8, 4) is 0 Å². The van der Waals surface area contributed by atoms with Crippen molar-refractivity contribution >= 4 is 0 Å². The van der Waals surface area contributed by atoms with Crippen LogP contribution in [0.15, 0.2) is 0 Å². The first-order valence-corrected chi connectivity index (χ1v) is 14.2. The van der Waals surface area contributed by atoms with Gasteiger partial charge in [-0.2, -0.15) is 119 Å². The average molecular weight is 838 g/mol. The lowest BCUT2D eigenvalue weighted by molar-refractivity contribution is -0.485. The highest BCUT2D eigenvalue weighted by Crippen LogP contribution is 2.68. The second-order valence-electron chi connectivity index (χ2n) is 11.5. The fourth-order valence-electron chi connectivity index (χ4n) is 4.17. The second-order valence-corrected chi connectivity index (χ2v) is 11.5. The molecule has 0 nitrogen and oxygen atoms in total. The Labute approximate surface area is 274 Å². The van der Waals surface area contributed by atoms with E-state index in [1.165, 1.54) is 0 Å². The maximum atomic E-state index is 14.0. The Morgan fingerprint density at radius 1 is 0.231 bits per heavy atom. The van der Waals surface area contributed by atoms with Gasteiger partial charge in [-0.05, 0) is 6.42 Å². The van der Waals surface area contributed by atoms with E-state index in [0.29, 0.717) is 19.3 Å². The first-order valence-electron chi connectivity index (χ1n) is 14.2. The Morgan fingerprint density at radius 2 is 0.423 bits per heavy atom. The van der Waals surface area contributed by atoms with Crippen molar-refractivity contribution in [2.75, 3.05) is 0 Å². The Kier molecular flexibility index (Phi) is 14.4. The van der Waals surface area contributed by atoms with Crippen molar-refractivity contribution in [3.63, 3.8) is 0 Å². The summed E-state index contributed by atoms with van der Waals surface area (Å²) in [5.41, 5.74) is 0. The summed E-state index contributed by atoms with van der Waals surface area (Å²) in [6.45, 7) is 1.87. The monoisotopic (exact) mass is 838 g/mol. The zero-order valence-electron chi connectivity index (χ0n) is 25.5. The zero-order chi connectivity index (χ0) is 42.3. The number of unbranched alkanes of at least 4 members (excludes halogenated alkanes) is 9. The van der Waals surface area contributed by atoms with Crippen LogP contribution in [0.5, 0.6) is 0 Å². The number of hydrogen-bond donors (Lipinski definition) is 0. The summed E-state index contributed by atoms with van der Waals surface area (Å²) in [7, 11) is 0. The topological polar surface area (TPSA) is 0 Å². The molecule has 0 heterocycles. The van der Waals surface area contributed by atoms with Crippen LogP contribution in [0.3, 0.4) is 0 Å². The molecule has 52 heavy (non-hydrogen) atoms. The third-order valence-electron chi connectivity index (χ3n) is 7.60. The van der Waals surface area contributed by atoms with E-state index in [1.54, 1.807) is 0 Å². The molecule has 27 heteroatoms. The predicted molar refractivity (Wildman–Crippen MR) is 122 cm³/mol. The second kappa shape index (κ2) is 15.0. The zero-order valence-corrected chi connectivity index (χ0v) is 25.5. The fourth-order valence-corrected chi connectivity index (χ4v) is 4.17. The highest BCUT2D eigenvalue weighted by molar-refractivity contribution is 5.20. The van der Waals surface area contributed by atoms with E-state index >= 15 is 0 Å². The molecule has 0 amide bonds. The predicted octanol–water partition coefficient (Wildman–Crippen LogP) is 13.5. The van der Waals surface area contributed by atoms with Crippen LogP contribution in [0.4, 0.5) is 119 Å². The molecule has 0 bridgehead atoms. The van der Waals surface area contributed by atoms with E-state index < -0.39 is 96.5 Å². The SMILES string of the molecule is CCCCCCCCCCCCC(F)(F)C(F)(F)C(F)(F)C(F)(F)C(F)(F)C(F)(F)C(F)(F)C(F)(F)C(F)(F)C(F)(F)C(F)(F)C(F)(F)C(F)(F)F. The summed E-state index contributed by atoms with van der Waals surface area (Å²) in [5.74, 6) is -109. The first-order chi connectivity index (χ1) is 22.6. The van der Waals surface area contributed by atoms with Crippen molar-refractivity contribution < 1.29 is 119 Å². The van der Waals surface area contributed by atoms with Crippen molar-refractivity contribution in [1.82, 2.24) is 0 Å². The molecule has 0 radical (unpaired) electrons. The van der Waals surface area contributed by atoms with Gasteiger partial charge in [-0.25, -0.2) is 0 Å². The molecular weight excluding hydrogens is 813 g/mol. The molecule has 0 aromatic heterocycles. The van der Waals surface area contributed by atoms with Gasteiger partial charge in [-0.3, -0.25) is 0 Å². The van der Waals surface area contributed by atoms with Gasteiger partial charge in [0.05, 0.1) is 0 Å². The number of halogens is 27. The van der Waals surface area contributed by atoms with Gasteiger partial charge in [0, 0.05) is 6.42 Å². The summed E-state index contributed by atoms with van der Waals surface area (Å²) in [4.78, 5) is 0. The van der Waals surface area contributed by atoms with Crippen molar-refractivity contribution in [2.24, 2.45) is 0 Å². The van der Waals surface area contributed by atoms with Crippen molar-refractivity contribution in [1.29, 1.82) is 0 Å². The van der Waals surface area contributed by atoms with Gasteiger partial charge in [0.15, 0.2) is 0 Å². The summed E-state index contributed by atoms with van der Waals surface area (Å²) in [5, 5.41) is 0. The van der Waals surface area contributed by atoms with Crippen LogP contribution in [0, 0.1) is 0 Å². The standard InChI is InChI=1S/C25H25F27/c1-2-3-4-5-6-7-8-9-10-11-12-13(26,27)14(28,29)15(30,31)16(32,33)17(34,35)18(36,37)19(38,39)20(40,41)21(42,43)22(44,45)23(46,47)24(48,49)25(50,51)52/h2-12H2,1H3. The van der Waals surface area contributed by atoms with E-state index in [-0.39, 0.29) is 12.8 Å². The Bertz CT molecular complexity index is 1150. The van der Waals surface area contributed by atoms with E-state index in [4.69, 9.17) is 0 Å². The molecule has 0 aliphatic rings. The first kappa shape index (κ1) is 50.1. The molecule has 0 atom stereocenters. The number of hydrogen-bond acceptors (Lipinski definition) is 0. The molecule has 314 valence electrons. The van der Waals surface area contributed by atoms with Gasteiger partial charge >= 0.3 is 77.2 Å². The number of rotatable bonds is 22. The maximum Gasteiger partial charge on any atom is 0.460 e. The van der Waals surface area contributed by atoms with Crippen molar-refractivity contribution in [3.05, 3.63) is 0 Å². The quantitative estimate of drug-likeness (QED) is 0.0753. The maximum absolute atomic E-state index is 14.0. The molecular formula is C25H25F27. The molecule has 0 saturated carbocycles. The molecule has 0 aliphatic heterocycles. The van der Waals surface area contributed by atoms with Gasteiger partial charge in [-0.15, -0.1) is 0 Å². The molecule has 0 aromatic rings. The minimum Gasteiger partial charge on any atom is -0.200 e. The van der Waals surface area contributed by atoms with E-state index in [2.05, 4.69) is 0 Å². The number of alkyl halides is 27. The summed E-state index contributed by atoms with van der Waals surface area (Å²) in [6.07, 6.45) is -8.68. The van der Waals surface area contributed by atoms with Gasteiger partial charge in [0.1, 0.15) is 0 Å². The summed E-state index contributed by atoms with van der Waals surface area (Å²) < 4.78 is 366. The van der Waals surface area contributed by atoms with Gasteiger partial charge in [0.2, 0.25) is 0 Å². The molecule has 0 unspecified atom stereocenters. The summed E-state index contributed by atoms with van der Waals surface area (Å²) >= 11 is 0. The van der Waals surface area contributed by atoms with Crippen LogP contribution in [0.25, 0.3) is 0 Å². The van der Waals surface area contributed by atoms with Crippen LogP contribution < -0.4 is 0 Å². The molecule has 0 spiro atoms. The van der Waals surface area contributed by atoms with Gasteiger partial charge < -0.3 is 0 Å². The highest BCUT2D eigenvalue weighted by Gasteiger charge is 3.00. The van der Waals surface area contributed by atoms with Gasteiger partial charge in [0.25, 0.3) is 0 Å². The molecule has 0 saturated heterocycles. The van der Waals surface area contributed by atoms with Crippen LogP contribution in [0.2, 0.25) is 0 Å².